The van der Waals surface area contributed by atoms with Crippen molar-refractivity contribution >= 4 is 25.7 Å². The molecule has 6 nitrogen and oxygen atoms in total. The summed E-state index contributed by atoms with van der Waals surface area (Å²) in [5.74, 6) is -5.31. The Morgan fingerprint density at radius 1 is 0.826 bits per heavy atom. The first kappa shape index (κ1) is 17.2. The predicted octanol–water partition coefficient (Wildman–Crippen LogP) is 1.55. The highest BCUT2D eigenvalue weighted by molar-refractivity contribution is 7.92. The van der Waals surface area contributed by atoms with Gasteiger partial charge in [0.2, 0.25) is 10.0 Å². The first-order valence-electron chi connectivity index (χ1n) is 5.81. The van der Waals surface area contributed by atoms with Gasteiger partial charge in [0.05, 0.1) is 4.90 Å². The van der Waals surface area contributed by atoms with Crippen LogP contribution in [-0.2, 0) is 20.0 Å². The van der Waals surface area contributed by atoms with Crippen molar-refractivity contribution in [2.24, 2.45) is 5.14 Å². The van der Waals surface area contributed by atoms with Crippen LogP contribution in [0.15, 0.2) is 46.2 Å². The molecule has 23 heavy (non-hydrogen) atoms. The Balaban J connectivity index is 2.38. The maximum atomic E-state index is 13.6. The van der Waals surface area contributed by atoms with Gasteiger partial charge in [-0.3, -0.25) is 4.72 Å². The molecule has 0 bridgehead atoms. The largest absolute Gasteiger partial charge is 0.280 e. The Labute approximate surface area is 129 Å². The highest BCUT2D eigenvalue weighted by Crippen LogP contribution is 2.23. The standard InChI is InChI=1S/C12H9F3N2O4S2/c13-9-5-6-10(12(15)11(9)14)23(20,21)17-7-1-3-8(4-2-7)22(16,18)19/h1-6,17H,(H2,16,18,19). The molecule has 2 aromatic carbocycles. The number of nitrogens with two attached hydrogens (primary N) is 1. The SMILES string of the molecule is NS(=O)(=O)c1ccc(NS(=O)(=O)c2ccc(F)c(F)c2F)cc1. The highest BCUT2D eigenvalue weighted by Gasteiger charge is 2.24. The van der Waals surface area contributed by atoms with Crippen LogP contribution < -0.4 is 9.86 Å². The Morgan fingerprint density at radius 2 is 1.39 bits per heavy atom. The lowest BCUT2D eigenvalue weighted by Crippen LogP contribution is -2.16. The van der Waals surface area contributed by atoms with E-state index in [2.05, 4.69) is 0 Å². The highest BCUT2D eigenvalue weighted by atomic mass is 32.2. The van der Waals surface area contributed by atoms with Gasteiger partial charge in [-0.1, -0.05) is 0 Å². The monoisotopic (exact) mass is 366 g/mol. The summed E-state index contributed by atoms with van der Waals surface area (Å²) < 4.78 is 87.5. The summed E-state index contributed by atoms with van der Waals surface area (Å²) in [6, 6.07) is 5.21. The summed E-state index contributed by atoms with van der Waals surface area (Å²) in [7, 11) is -8.50. The molecule has 0 aliphatic rings. The summed E-state index contributed by atoms with van der Waals surface area (Å²) in [5.41, 5.74) is -0.124. The summed E-state index contributed by atoms with van der Waals surface area (Å²) in [4.78, 5) is -1.36. The van der Waals surface area contributed by atoms with Crippen LogP contribution in [0.3, 0.4) is 0 Å². The van der Waals surface area contributed by atoms with Crippen LogP contribution in [0.2, 0.25) is 0 Å². The van der Waals surface area contributed by atoms with Crippen molar-refractivity contribution in [3.63, 3.8) is 0 Å². The number of anilines is 1. The number of sulfonamides is 2. The first-order chi connectivity index (χ1) is 10.5. The molecule has 0 aliphatic heterocycles. The summed E-state index contributed by atoms with van der Waals surface area (Å²) in [6.45, 7) is 0. The van der Waals surface area contributed by atoms with Crippen molar-refractivity contribution in [1.29, 1.82) is 0 Å². The second-order valence-corrected chi connectivity index (χ2v) is 7.56. The molecule has 0 saturated heterocycles. The van der Waals surface area contributed by atoms with Gasteiger partial charge in [-0.25, -0.2) is 35.1 Å². The number of hydrogen-bond donors (Lipinski definition) is 2. The molecule has 2 rings (SSSR count). The molecule has 0 fully saturated rings. The van der Waals surface area contributed by atoms with E-state index in [1.165, 1.54) is 0 Å². The molecule has 0 unspecified atom stereocenters. The molecule has 124 valence electrons. The van der Waals surface area contributed by atoms with Crippen molar-refractivity contribution in [2.75, 3.05) is 4.72 Å². The van der Waals surface area contributed by atoms with E-state index in [9.17, 15) is 30.0 Å². The number of halogens is 3. The molecule has 2 aromatic rings. The molecule has 0 spiro atoms. The third kappa shape index (κ3) is 3.63. The maximum Gasteiger partial charge on any atom is 0.264 e. The van der Waals surface area contributed by atoms with Gasteiger partial charge in [-0.2, -0.15) is 0 Å². The smallest absolute Gasteiger partial charge is 0.264 e. The van der Waals surface area contributed by atoms with Gasteiger partial charge in [0.1, 0.15) is 4.90 Å². The van der Waals surface area contributed by atoms with Crippen LogP contribution in [0.1, 0.15) is 0 Å². The molecular formula is C12H9F3N2O4S2. The van der Waals surface area contributed by atoms with Crippen LogP contribution in [-0.4, -0.2) is 16.8 Å². The number of primary sulfonamides is 1. The molecule has 3 N–H and O–H groups in total. The van der Waals surface area contributed by atoms with Crippen molar-refractivity contribution < 1.29 is 30.0 Å². The van der Waals surface area contributed by atoms with E-state index in [-0.39, 0.29) is 10.6 Å². The second kappa shape index (κ2) is 5.83. The fourth-order valence-electron chi connectivity index (χ4n) is 1.64. The lowest BCUT2D eigenvalue weighted by Gasteiger charge is -2.10. The Bertz CT molecular complexity index is 959. The van der Waals surface area contributed by atoms with Gasteiger partial charge in [0.25, 0.3) is 10.0 Å². The van der Waals surface area contributed by atoms with E-state index in [4.69, 9.17) is 5.14 Å². The third-order valence-electron chi connectivity index (χ3n) is 2.72. The van der Waals surface area contributed by atoms with Crippen LogP contribution in [0, 0.1) is 17.5 Å². The number of benzene rings is 2. The Morgan fingerprint density at radius 3 is 1.91 bits per heavy atom. The molecule has 0 saturated carbocycles. The van der Waals surface area contributed by atoms with Crippen molar-refractivity contribution in [2.45, 2.75) is 9.79 Å². The maximum absolute atomic E-state index is 13.6. The lowest BCUT2D eigenvalue weighted by atomic mass is 10.3. The van der Waals surface area contributed by atoms with E-state index in [1.807, 2.05) is 4.72 Å². The third-order valence-corrected chi connectivity index (χ3v) is 5.05. The first-order valence-corrected chi connectivity index (χ1v) is 8.84. The molecular weight excluding hydrogens is 357 g/mol. The molecule has 0 atom stereocenters. The fourth-order valence-corrected chi connectivity index (χ4v) is 3.28. The van der Waals surface area contributed by atoms with Crippen LogP contribution in [0.25, 0.3) is 0 Å². The Kier molecular flexibility index (Phi) is 4.37. The minimum Gasteiger partial charge on any atom is -0.280 e. The van der Waals surface area contributed by atoms with Crippen LogP contribution in [0.5, 0.6) is 0 Å². The predicted molar refractivity (Wildman–Crippen MR) is 74.9 cm³/mol. The fraction of sp³-hybridized carbons (Fsp3) is 0. The average Bonchev–Trinajstić information content (AvgIpc) is 2.43. The van der Waals surface area contributed by atoms with E-state index in [0.717, 1.165) is 24.3 Å². The molecule has 11 heteroatoms. The van der Waals surface area contributed by atoms with Gasteiger partial charge >= 0.3 is 0 Å². The van der Waals surface area contributed by atoms with Gasteiger partial charge in [0.15, 0.2) is 17.5 Å². The van der Waals surface area contributed by atoms with Crippen molar-refractivity contribution in [3.8, 4) is 0 Å². The van der Waals surface area contributed by atoms with Gasteiger partial charge in [-0.15, -0.1) is 0 Å². The molecule has 0 radical (unpaired) electrons. The molecule has 0 amide bonds. The minimum absolute atomic E-state index is 0.124. The summed E-state index contributed by atoms with van der Waals surface area (Å²) in [6.07, 6.45) is 0. The Hall–Kier alpha value is -2.11. The van der Waals surface area contributed by atoms with Crippen molar-refractivity contribution in [3.05, 3.63) is 53.8 Å². The number of nitrogens with one attached hydrogen (secondary N) is 1. The minimum atomic E-state index is -4.54. The van der Waals surface area contributed by atoms with Crippen molar-refractivity contribution in [1.82, 2.24) is 0 Å². The average molecular weight is 366 g/mol. The van der Waals surface area contributed by atoms with E-state index in [0.29, 0.717) is 12.1 Å². The van der Waals surface area contributed by atoms with Gasteiger partial charge < -0.3 is 0 Å². The lowest BCUT2D eigenvalue weighted by molar-refractivity contribution is 0.432. The zero-order valence-corrected chi connectivity index (χ0v) is 12.8. The number of hydrogen-bond acceptors (Lipinski definition) is 4. The zero-order chi connectivity index (χ0) is 17.4. The zero-order valence-electron chi connectivity index (χ0n) is 11.1. The van der Waals surface area contributed by atoms with Crippen LogP contribution >= 0.6 is 0 Å². The topological polar surface area (TPSA) is 106 Å². The van der Waals surface area contributed by atoms with E-state index >= 15 is 0 Å². The summed E-state index contributed by atoms with van der Waals surface area (Å²) >= 11 is 0. The van der Waals surface area contributed by atoms with Gasteiger partial charge in [0, 0.05) is 5.69 Å². The summed E-state index contributed by atoms with van der Waals surface area (Å²) in [5, 5.41) is 4.88. The molecule has 0 aromatic heterocycles. The van der Waals surface area contributed by atoms with Gasteiger partial charge in [-0.05, 0) is 36.4 Å². The van der Waals surface area contributed by atoms with E-state index < -0.39 is 42.4 Å². The quantitative estimate of drug-likeness (QED) is 0.801. The number of rotatable bonds is 4. The second-order valence-electron chi connectivity index (χ2n) is 4.35. The molecule has 0 heterocycles. The molecule has 0 aliphatic carbocycles. The van der Waals surface area contributed by atoms with E-state index in [1.54, 1.807) is 0 Å². The normalized spacial score (nSPS) is 12.2. The van der Waals surface area contributed by atoms with Crippen LogP contribution in [0.4, 0.5) is 18.9 Å².